The number of carbonyl (C=O) groups is 1. The third-order valence-electron chi connectivity index (χ3n) is 6.22. The summed E-state index contributed by atoms with van der Waals surface area (Å²) in [5.74, 6) is 0.834. The summed E-state index contributed by atoms with van der Waals surface area (Å²) < 4.78 is 13.6. The van der Waals surface area contributed by atoms with Gasteiger partial charge in [-0.2, -0.15) is 9.78 Å². The molecule has 0 unspecified atom stereocenters. The minimum absolute atomic E-state index is 0.00213. The highest BCUT2D eigenvalue weighted by Gasteiger charge is 2.17. The molecule has 0 aliphatic heterocycles. The van der Waals surface area contributed by atoms with E-state index in [-0.39, 0.29) is 34.8 Å². The number of amides is 1. The first-order chi connectivity index (χ1) is 19.2. The Balaban J connectivity index is 1.62. The summed E-state index contributed by atoms with van der Waals surface area (Å²) in [6, 6.07) is 16.2. The molecular formula is C30H30BrClN4O4. The first-order valence-corrected chi connectivity index (χ1v) is 14.1. The van der Waals surface area contributed by atoms with Gasteiger partial charge >= 0.3 is 0 Å². The molecule has 208 valence electrons. The van der Waals surface area contributed by atoms with Gasteiger partial charge in [0, 0.05) is 16.1 Å². The zero-order valence-electron chi connectivity index (χ0n) is 22.7. The quantitative estimate of drug-likeness (QED) is 0.193. The van der Waals surface area contributed by atoms with E-state index in [9.17, 15) is 9.59 Å². The smallest absolute Gasteiger partial charge is 0.282 e. The number of benzene rings is 3. The van der Waals surface area contributed by atoms with E-state index in [0.29, 0.717) is 40.3 Å². The Kier molecular flexibility index (Phi) is 9.60. The SMILES string of the molecule is CCOc1cc(C=Nn2c([C@@H](C)CC)nc3ccc(Br)cc3c2=O)cc(Cl)c1OCC(=O)Nc1ccc(C)cc1. The number of fused-ring (bicyclic) bond motifs is 1. The predicted molar refractivity (Wildman–Crippen MR) is 163 cm³/mol. The van der Waals surface area contributed by atoms with E-state index in [1.165, 1.54) is 10.9 Å². The summed E-state index contributed by atoms with van der Waals surface area (Å²) in [6.07, 6.45) is 2.31. The van der Waals surface area contributed by atoms with Gasteiger partial charge in [-0.25, -0.2) is 4.98 Å². The molecule has 1 atom stereocenters. The molecule has 0 aliphatic rings. The summed E-state index contributed by atoms with van der Waals surface area (Å²) in [7, 11) is 0. The molecule has 4 rings (SSSR count). The molecule has 0 spiro atoms. The number of hydrogen-bond donors (Lipinski definition) is 1. The van der Waals surface area contributed by atoms with Crippen LogP contribution in [0.5, 0.6) is 11.5 Å². The molecular weight excluding hydrogens is 596 g/mol. The van der Waals surface area contributed by atoms with Gasteiger partial charge in [-0.3, -0.25) is 9.59 Å². The number of ether oxygens (including phenoxy) is 2. The molecule has 10 heteroatoms. The average molecular weight is 626 g/mol. The van der Waals surface area contributed by atoms with Gasteiger partial charge in [0.05, 0.1) is 28.7 Å². The molecule has 8 nitrogen and oxygen atoms in total. The van der Waals surface area contributed by atoms with Gasteiger partial charge in [0.15, 0.2) is 18.1 Å². The van der Waals surface area contributed by atoms with Crippen molar-refractivity contribution in [3.05, 3.63) is 91.4 Å². The summed E-state index contributed by atoms with van der Waals surface area (Å²) in [4.78, 5) is 30.6. The van der Waals surface area contributed by atoms with Crippen molar-refractivity contribution < 1.29 is 14.3 Å². The lowest BCUT2D eigenvalue weighted by Gasteiger charge is -2.15. The van der Waals surface area contributed by atoms with Crippen molar-refractivity contribution in [3.63, 3.8) is 0 Å². The fraction of sp³-hybridized carbons (Fsp3) is 0.267. The normalized spacial score (nSPS) is 12.1. The van der Waals surface area contributed by atoms with Gasteiger partial charge < -0.3 is 14.8 Å². The van der Waals surface area contributed by atoms with Crippen LogP contribution in [0.15, 0.2) is 69.0 Å². The van der Waals surface area contributed by atoms with Gasteiger partial charge in [-0.15, -0.1) is 0 Å². The van der Waals surface area contributed by atoms with Crippen LogP contribution in [0.1, 0.15) is 50.1 Å². The van der Waals surface area contributed by atoms with Gasteiger partial charge in [0.25, 0.3) is 11.5 Å². The lowest BCUT2D eigenvalue weighted by Crippen LogP contribution is -2.23. The summed E-state index contributed by atoms with van der Waals surface area (Å²) in [5.41, 5.74) is 2.70. The molecule has 1 aromatic heterocycles. The number of hydrogen-bond acceptors (Lipinski definition) is 6. The molecule has 4 aromatic rings. The molecule has 0 aliphatic carbocycles. The zero-order chi connectivity index (χ0) is 28.8. The Morgan fingerprint density at radius 2 is 1.90 bits per heavy atom. The van der Waals surface area contributed by atoms with Gasteiger partial charge in [0.2, 0.25) is 0 Å². The van der Waals surface area contributed by atoms with E-state index in [2.05, 4.69) is 26.3 Å². The average Bonchev–Trinajstić information content (AvgIpc) is 2.93. The van der Waals surface area contributed by atoms with Crippen LogP contribution in [0, 0.1) is 6.92 Å². The molecule has 0 fully saturated rings. The maximum absolute atomic E-state index is 13.4. The van der Waals surface area contributed by atoms with Crippen LogP contribution in [0.4, 0.5) is 5.69 Å². The minimum atomic E-state index is -0.333. The third kappa shape index (κ3) is 6.89. The lowest BCUT2D eigenvalue weighted by molar-refractivity contribution is -0.118. The number of anilines is 1. The molecule has 0 bridgehead atoms. The third-order valence-corrected chi connectivity index (χ3v) is 7.00. The van der Waals surface area contributed by atoms with E-state index in [1.807, 2.05) is 64.1 Å². The van der Waals surface area contributed by atoms with Gasteiger partial charge in [-0.05, 0) is 68.3 Å². The number of aryl methyl sites for hydroxylation is 1. The molecule has 40 heavy (non-hydrogen) atoms. The number of aromatic nitrogens is 2. The van der Waals surface area contributed by atoms with Crippen molar-refractivity contribution >= 4 is 56.2 Å². The van der Waals surface area contributed by atoms with E-state index in [0.717, 1.165) is 16.5 Å². The molecule has 1 amide bonds. The van der Waals surface area contributed by atoms with Crippen molar-refractivity contribution in [2.24, 2.45) is 5.10 Å². The first kappa shape index (κ1) is 29.3. The second-order valence-electron chi connectivity index (χ2n) is 9.27. The van der Waals surface area contributed by atoms with Gasteiger partial charge in [-0.1, -0.05) is 59.1 Å². The highest BCUT2D eigenvalue weighted by molar-refractivity contribution is 9.10. The fourth-order valence-electron chi connectivity index (χ4n) is 3.94. The number of halogens is 2. The summed E-state index contributed by atoms with van der Waals surface area (Å²) >= 11 is 9.99. The molecule has 0 saturated heterocycles. The predicted octanol–water partition coefficient (Wildman–Crippen LogP) is 6.93. The molecule has 1 N–H and O–H groups in total. The van der Waals surface area contributed by atoms with Crippen molar-refractivity contribution in [1.82, 2.24) is 9.66 Å². The summed E-state index contributed by atoms with van der Waals surface area (Å²) in [5, 5.41) is 8.00. The monoisotopic (exact) mass is 624 g/mol. The second kappa shape index (κ2) is 13.1. The Bertz CT molecular complexity index is 1620. The van der Waals surface area contributed by atoms with Crippen LogP contribution in [-0.2, 0) is 4.79 Å². The van der Waals surface area contributed by atoms with Crippen molar-refractivity contribution in [2.45, 2.75) is 40.0 Å². The maximum Gasteiger partial charge on any atom is 0.282 e. The van der Waals surface area contributed by atoms with Crippen LogP contribution in [0.3, 0.4) is 0 Å². The number of rotatable bonds is 10. The Hall–Kier alpha value is -3.69. The number of nitrogens with one attached hydrogen (secondary N) is 1. The summed E-state index contributed by atoms with van der Waals surface area (Å²) in [6.45, 7) is 7.94. The molecule has 0 saturated carbocycles. The zero-order valence-corrected chi connectivity index (χ0v) is 25.0. The van der Waals surface area contributed by atoms with Crippen LogP contribution in [0.2, 0.25) is 5.02 Å². The van der Waals surface area contributed by atoms with E-state index in [1.54, 1.807) is 18.2 Å². The number of carbonyl (C=O) groups excluding carboxylic acids is 1. The van der Waals surface area contributed by atoms with E-state index < -0.39 is 0 Å². The Labute approximate surface area is 246 Å². The highest BCUT2D eigenvalue weighted by Crippen LogP contribution is 2.36. The van der Waals surface area contributed by atoms with Crippen LogP contribution < -0.4 is 20.3 Å². The van der Waals surface area contributed by atoms with Crippen LogP contribution in [-0.4, -0.2) is 35.0 Å². The molecule has 0 radical (unpaired) electrons. The van der Waals surface area contributed by atoms with E-state index >= 15 is 0 Å². The topological polar surface area (TPSA) is 94.8 Å². The number of nitrogens with zero attached hydrogens (tertiary/aromatic N) is 3. The Morgan fingerprint density at radius 3 is 2.60 bits per heavy atom. The first-order valence-electron chi connectivity index (χ1n) is 12.9. The standard InChI is InChI=1S/C30H30BrClN4O4/c1-5-19(4)29-35-25-12-9-21(31)15-23(25)30(38)36(29)33-16-20-13-24(32)28(26(14-20)39-6-2)40-17-27(37)34-22-10-7-18(3)8-11-22/h7-16,19H,5-6,17H2,1-4H3,(H,34,37)/t19-/m0/s1. The highest BCUT2D eigenvalue weighted by atomic mass is 79.9. The molecule has 3 aromatic carbocycles. The van der Waals surface area contributed by atoms with Crippen molar-refractivity contribution in [2.75, 3.05) is 18.5 Å². The van der Waals surface area contributed by atoms with Crippen LogP contribution >= 0.6 is 27.5 Å². The van der Waals surface area contributed by atoms with Gasteiger partial charge in [0.1, 0.15) is 5.82 Å². The van der Waals surface area contributed by atoms with E-state index in [4.69, 9.17) is 26.1 Å². The molecule has 1 heterocycles. The Morgan fingerprint density at radius 1 is 1.15 bits per heavy atom. The fourth-order valence-corrected chi connectivity index (χ4v) is 4.58. The maximum atomic E-state index is 13.4. The lowest BCUT2D eigenvalue weighted by atomic mass is 10.1. The van der Waals surface area contributed by atoms with Crippen molar-refractivity contribution in [1.29, 1.82) is 0 Å². The van der Waals surface area contributed by atoms with Crippen molar-refractivity contribution in [3.8, 4) is 11.5 Å². The minimum Gasteiger partial charge on any atom is -0.490 e. The van der Waals surface area contributed by atoms with Crippen LogP contribution in [0.25, 0.3) is 10.9 Å². The second-order valence-corrected chi connectivity index (χ2v) is 10.6. The largest absolute Gasteiger partial charge is 0.490 e.